The summed E-state index contributed by atoms with van der Waals surface area (Å²) in [5.74, 6) is -2.72. The summed E-state index contributed by atoms with van der Waals surface area (Å²) in [6.45, 7) is 1.78. The van der Waals surface area contributed by atoms with Gasteiger partial charge in [-0.15, -0.1) is 0 Å². The molecule has 41 heavy (non-hydrogen) atoms. The average Bonchev–Trinajstić information content (AvgIpc) is 2.94. The number of carboxylic acids is 2. The van der Waals surface area contributed by atoms with Crippen LogP contribution in [0.3, 0.4) is 0 Å². The van der Waals surface area contributed by atoms with Gasteiger partial charge in [0.25, 0.3) is 0 Å². The zero-order valence-corrected chi connectivity index (χ0v) is 22.4. The van der Waals surface area contributed by atoms with Crippen LogP contribution < -0.4 is 15.0 Å². The van der Waals surface area contributed by atoms with Crippen LogP contribution >= 0.6 is 0 Å². The van der Waals surface area contributed by atoms with E-state index in [4.69, 9.17) is 14.6 Å². The molecule has 3 aromatic rings. The Morgan fingerprint density at radius 2 is 1.54 bits per heavy atom. The second kappa shape index (κ2) is 14.2. The van der Waals surface area contributed by atoms with E-state index < -0.39 is 18.1 Å². The fraction of sp³-hybridized carbons (Fsp3) is 0.300. The molecule has 3 N–H and O–H groups in total. The molecular weight excluding hydrogens is 541 g/mol. The topological polar surface area (TPSA) is 116 Å². The van der Waals surface area contributed by atoms with E-state index >= 15 is 0 Å². The first-order valence-electron chi connectivity index (χ1n) is 12.9. The van der Waals surface area contributed by atoms with Crippen molar-refractivity contribution >= 4 is 29.2 Å². The van der Waals surface area contributed by atoms with E-state index in [1.165, 1.54) is 5.56 Å². The van der Waals surface area contributed by atoms with Crippen LogP contribution in [0.15, 0.2) is 72.8 Å². The zero-order chi connectivity index (χ0) is 30.0. The Morgan fingerprint density at radius 1 is 0.927 bits per heavy atom. The highest BCUT2D eigenvalue weighted by Gasteiger charge is 2.38. The van der Waals surface area contributed by atoms with Gasteiger partial charge in [0.05, 0.1) is 24.8 Å². The number of carbonyl (C=O) groups is 3. The van der Waals surface area contributed by atoms with E-state index in [-0.39, 0.29) is 17.9 Å². The van der Waals surface area contributed by atoms with Gasteiger partial charge in [-0.25, -0.2) is 9.59 Å². The number of aliphatic carboxylic acids is 1. The van der Waals surface area contributed by atoms with Crippen LogP contribution in [0.1, 0.15) is 34.3 Å². The van der Waals surface area contributed by atoms with Crippen molar-refractivity contribution in [2.45, 2.75) is 31.9 Å². The predicted octanol–water partition coefficient (Wildman–Crippen LogP) is 5.67. The van der Waals surface area contributed by atoms with Crippen LogP contribution in [0.5, 0.6) is 5.75 Å². The molecule has 4 rings (SSSR count). The predicted molar refractivity (Wildman–Crippen MR) is 148 cm³/mol. The van der Waals surface area contributed by atoms with Crippen molar-refractivity contribution in [3.8, 4) is 5.75 Å². The minimum atomic E-state index is -5.08. The van der Waals surface area contributed by atoms with Gasteiger partial charge in [-0.05, 0) is 66.6 Å². The maximum atomic E-state index is 12.5. The highest BCUT2D eigenvalue weighted by molar-refractivity contribution is 6.01. The number of hydrogen-bond acceptors (Lipinski definition) is 5. The molecule has 0 aliphatic carbocycles. The Labute approximate surface area is 235 Å². The molecule has 0 saturated carbocycles. The van der Waals surface area contributed by atoms with Gasteiger partial charge < -0.3 is 25.2 Å². The summed E-state index contributed by atoms with van der Waals surface area (Å²) in [5, 5.41) is 19.7. The monoisotopic (exact) mass is 572 g/mol. The van der Waals surface area contributed by atoms with Gasteiger partial charge in [0.1, 0.15) is 5.75 Å². The molecule has 1 aliphatic heterocycles. The number of aromatic carboxylic acids is 1. The van der Waals surface area contributed by atoms with Gasteiger partial charge in [0.15, 0.2) is 0 Å². The van der Waals surface area contributed by atoms with Gasteiger partial charge in [-0.2, -0.15) is 13.2 Å². The van der Waals surface area contributed by atoms with Gasteiger partial charge >= 0.3 is 18.1 Å². The summed E-state index contributed by atoms with van der Waals surface area (Å²) >= 11 is 0. The van der Waals surface area contributed by atoms with E-state index in [2.05, 4.69) is 34.5 Å². The number of alkyl halides is 3. The minimum Gasteiger partial charge on any atom is -0.497 e. The molecule has 8 nitrogen and oxygen atoms in total. The number of amides is 1. The fourth-order valence-corrected chi connectivity index (χ4v) is 4.48. The fourth-order valence-electron chi connectivity index (χ4n) is 4.48. The normalized spacial score (nSPS) is 13.5. The molecule has 3 aromatic carbocycles. The standard InChI is InChI=1S/C28H30N2O4.C2HF3O2/c1-34-24-10-7-21(8-11-24)18-27(31)29-26-12-9-23(19-25(26)28(32)33)30-15-13-22(14-16-30)17-20-5-3-2-4-6-20;3-2(4,5)1(6)7/h2-12,19,22H,13-18H2,1H3,(H,29,31)(H,32,33);(H,6,7). The van der Waals surface area contributed by atoms with Crippen molar-refractivity contribution in [3.63, 3.8) is 0 Å². The molecule has 0 aromatic heterocycles. The third kappa shape index (κ3) is 9.55. The Kier molecular flexibility index (Phi) is 10.7. The number of piperidine rings is 1. The lowest BCUT2D eigenvalue weighted by molar-refractivity contribution is -0.192. The molecule has 1 heterocycles. The van der Waals surface area contributed by atoms with Crippen molar-refractivity contribution in [3.05, 3.63) is 89.5 Å². The maximum Gasteiger partial charge on any atom is 0.490 e. The minimum absolute atomic E-state index is 0.104. The van der Waals surface area contributed by atoms with Crippen LogP contribution in [0.4, 0.5) is 24.5 Å². The second-order valence-corrected chi connectivity index (χ2v) is 9.53. The van der Waals surface area contributed by atoms with Crippen LogP contribution in [0.25, 0.3) is 0 Å². The average molecular weight is 573 g/mol. The Hall–Kier alpha value is -4.54. The number of nitrogens with one attached hydrogen (secondary N) is 1. The summed E-state index contributed by atoms with van der Waals surface area (Å²) in [5.41, 5.74) is 3.48. The van der Waals surface area contributed by atoms with Crippen LogP contribution in [-0.4, -0.2) is 54.4 Å². The van der Waals surface area contributed by atoms with Gasteiger partial charge in [0.2, 0.25) is 5.91 Å². The zero-order valence-electron chi connectivity index (χ0n) is 22.4. The molecule has 0 radical (unpaired) electrons. The van der Waals surface area contributed by atoms with Crippen molar-refractivity contribution in [1.82, 2.24) is 0 Å². The number of nitrogens with zero attached hydrogens (tertiary/aromatic N) is 1. The lowest BCUT2D eigenvalue weighted by atomic mass is 9.90. The first-order chi connectivity index (χ1) is 19.5. The van der Waals surface area contributed by atoms with Crippen LogP contribution in [0, 0.1) is 5.92 Å². The van der Waals surface area contributed by atoms with Crippen molar-refractivity contribution < 1.29 is 42.5 Å². The quantitative estimate of drug-likeness (QED) is 0.319. The first kappa shape index (κ1) is 31.0. The van der Waals surface area contributed by atoms with Crippen LogP contribution in [0.2, 0.25) is 0 Å². The Balaban J connectivity index is 0.000000587. The molecule has 1 fully saturated rings. The Morgan fingerprint density at radius 3 is 2.07 bits per heavy atom. The number of hydrogen-bond donors (Lipinski definition) is 3. The van der Waals surface area contributed by atoms with E-state index in [0.717, 1.165) is 49.4 Å². The SMILES string of the molecule is COc1ccc(CC(=O)Nc2ccc(N3CCC(Cc4ccccc4)CC3)cc2C(=O)O)cc1.O=C(O)C(F)(F)F. The molecule has 0 bridgehead atoms. The van der Waals surface area contributed by atoms with E-state index in [1.54, 1.807) is 31.4 Å². The Bertz CT molecular complexity index is 1320. The maximum absolute atomic E-state index is 12.5. The van der Waals surface area contributed by atoms with Gasteiger partial charge in [-0.1, -0.05) is 42.5 Å². The third-order valence-electron chi connectivity index (χ3n) is 6.62. The number of ether oxygens (including phenoxy) is 1. The molecule has 218 valence electrons. The summed E-state index contributed by atoms with van der Waals surface area (Å²) in [7, 11) is 1.59. The van der Waals surface area contributed by atoms with Crippen molar-refractivity contribution in [2.75, 3.05) is 30.4 Å². The van der Waals surface area contributed by atoms with Crippen LogP contribution in [-0.2, 0) is 22.4 Å². The summed E-state index contributed by atoms with van der Waals surface area (Å²) in [4.78, 5) is 35.6. The number of rotatable bonds is 8. The summed E-state index contributed by atoms with van der Waals surface area (Å²) in [6.07, 6.45) is -1.72. The second-order valence-electron chi connectivity index (χ2n) is 9.53. The molecule has 11 heteroatoms. The van der Waals surface area contributed by atoms with Gasteiger partial charge in [0, 0.05) is 18.8 Å². The van der Waals surface area contributed by atoms with E-state index in [1.807, 2.05) is 24.3 Å². The number of carbonyl (C=O) groups excluding carboxylic acids is 1. The molecule has 1 aliphatic rings. The highest BCUT2D eigenvalue weighted by atomic mass is 19.4. The van der Waals surface area contributed by atoms with Crippen molar-refractivity contribution in [1.29, 1.82) is 0 Å². The third-order valence-corrected chi connectivity index (χ3v) is 6.62. The number of anilines is 2. The smallest absolute Gasteiger partial charge is 0.490 e. The largest absolute Gasteiger partial charge is 0.497 e. The number of benzene rings is 3. The molecule has 1 saturated heterocycles. The highest BCUT2D eigenvalue weighted by Crippen LogP contribution is 2.29. The molecular formula is C30H31F3N2O6. The number of halogens is 3. The first-order valence-corrected chi connectivity index (χ1v) is 12.9. The summed E-state index contributed by atoms with van der Waals surface area (Å²) < 4.78 is 36.9. The van der Waals surface area contributed by atoms with E-state index in [9.17, 15) is 27.9 Å². The number of methoxy groups -OCH3 is 1. The summed E-state index contributed by atoms with van der Waals surface area (Å²) in [6, 6.07) is 23.0. The van der Waals surface area contributed by atoms with Gasteiger partial charge in [-0.3, -0.25) is 4.79 Å². The molecule has 0 spiro atoms. The molecule has 1 amide bonds. The number of carboxylic acid groups (broad SMARTS) is 2. The molecule has 0 unspecified atom stereocenters. The van der Waals surface area contributed by atoms with Crippen molar-refractivity contribution in [2.24, 2.45) is 5.92 Å². The lowest BCUT2D eigenvalue weighted by Crippen LogP contribution is -2.34. The lowest BCUT2D eigenvalue weighted by Gasteiger charge is -2.34. The molecule has 0 atom stereocenters. The van der Waals surface area contributed by atoms with E-state index in [0.29, 0.717) is 11.6 Å².